The molecular formula is C7H5AgNO. The Morgan fingerprint density at radius 1 is 1.20 bits per heavy atom. The zero-order valence-electron chi connectivity index (χ0n) is 5.04. The Morgan fingerprint density at radius 2 is 1.70 bits per heavy atom. The van der Waals surface area contributed by atoms with Crippen LogP contribution in [0.2, 0.25) is 0 Å². The molecule has 0 aliphatic rings. The summed E-state index contributed by atoms with van der Waals surface area (Å²) in [5, 5.41) is 8.29. The molecule has 0 radical (unpaired) electrons. The number of nitrogens with zero attached hydrogens (tertiary/aromatic N) is 1. The monoisotopic (exact) mass is 226 g/mol. The van der Waals surface area contributed by atoms with E-state index in [1.54, 1.807) is 33.2 Å². The molecule has 0 saturated carbocycles. The minimum atomic E-state index is 0.715. The maximum absolute atomic E-state index is 8.29. The van der Waals surface area contributed by atoms with Crippen LogP contribution in [0.4, 0.5) is 0 Å². The van der Waals surface area contributed by atoms with Gasteiger partial charge in [-0.05, 0) is 12.1 Å². The van der Waals surface area contributed by atoms with Gasteiger partial charge in [0.15, 0.2) is 0 Å². The first kappa shape index (κ1) is 9.25. The first-order valence-corrected chi connectivity index (χ1v) is 3.11. The minimum absolute atomic E-state index is 0.715. The Bertz CT molecular complexity index is 217. The van der Waals surface area contributed by atoms with Crippen LogP contribution in [-0.4, -0.2) is 0 Å². The first-order valence-electron chi connectivity index (χ1n) is 2.51. The van der Waals surface area contributed by atoms with E-state index < -0.39 is 0 Å². The van der Waals surface area contributed by atoms with Crippen molar-refractivity contribution in [2.24, 2.45) is 0 Å². The van der Waals surface area contributed by atoms with Crippen LogP contribution < -0.4 is 0 Å². The molecule has 1 rings (SSSR count). The average Bonchev–Trinajstić information content (AvgIpc) is 2.10. The van der Waals surface area contributed by atoms with Gasteiger partial charge in [0.05, 0.1) is 11.6 Å². The summed E-state index contributed by atoms with van der Waals surface area (Å²) in [5.74, 6) is 0. The topological polar surface area (TPSA) is 40.9 Å². The standard InChI is InChI=1S/C7H5N.Ag.O/c8-6-7-4-2-1-3-5-7;;/h1-5H;;. The second-order valence-corrected chi connectivity index (χ2v) is 1.48. The summed E-state index contributed by atoms with van der Waals surface area (Å²) >= 11 is 1.70. The zero-order chi connectivity index (χ0) is 7.82. The average molecular weight is 227 g/mol. The molecule has 0 N–H and O–H groups in total. The van der Waals surface area contributed by atoms with Crippen molar-refractivity contribution in [1.29, 1.82) is 5.26 Å². The van der Waals surface area contributed by atoms with E-state index in [-0.39, 0.29) is 0 Å². The van der Waals surface area contributed by atoms with E-state index in [9.17, 15) is 0 Å². The van der Waals surface area contributed by atoms with Gasteiger partial charge in [-0.2, -0.15) is 5.26 Å². The summed E-state index contributed by atoms with van der Waals surface area (Å²) in [7, 11) is 0. The molecule has 3 heteroatoms. The SMILES string of the molecule is N#Cc1ccccc1.[O]=[Ag]. The Morgan fingerprint density at radius 3 is 2.00 bits per heavy atom. The molecule has 0 atom stereocenters. The van der Waals surface area contributed by atoms with Crippen LogP contribution in [0.5, 0.6) is 0 Å². The van der Waals surface area contributed by atoms with Crippen molar-refractivity contribution in [2.45, 2.75) is 0 Å². The second-order valence-electron chi connectivity index (χ2n) is 1.48. The van der Waals surface area contributed by atoms with Gasteiger partial charge >= 0.3 is 24.3 Å². The first-order chi connectivity index (χ1) is 4.93. The maximum atomic E-state index is 8.29. The summed E-state index contributed by atoms with van der Waals surface area (Å²) in [4.78, 5) is 0. The predicted molar refractivity (Wildman–Crippen MR) is 31.8 cm³/mol. The summed E-state index contributed by atoms with van der Waals surface area (Å²) < 4.78 is 8.06. The van der Waals surface area contributed by atoms with Crippen molar-refractivity contribution in [1.82, 2.24) is 0 Å². The van der Waals surface area contributed by atoms with Crippen molar-refractivity contribution in [3.05, 3.63) is 35.9 Å². The fourth-order valence-corrected chi connectivity index (χ4v) is 0.513. The Kier molecular flexibility index (Phi) is 5.89. The Hall–Kier alpha value is -0.750. The van der Waals surface area contributed by atoms with Gasteiger partial charge in [-0.1, -0.05) is 18.2 Å². The molecule has 0 aliphatic heterocycles. The van der Waals surface area contributed by atoms with Gasteiger partial charge in [-0.15, -0.1) is 0 Å². The third-order valence-electron chi connectivity index (χ3n) is 0.903. The van der Waals surface area contributed by atoms with Crippen molar-refractivity contribution < 1.29 is 24.3 Å². The number of benzene rings is 1. The van der Waals surface area contributed by atoms with Gasteiger partial charge in [0.1, 0.15) is 0 Å². The van der Waals surface area contributed by atoms with E-state index in [0.29, 0.717) is 5.56 Å². The quantitative estimate of drug-likeness (QED) is 0.629. The molecule has 2 nitrogen and oxygen atoms in total. The molecule has 0 fully saturated rings. The molecule has 1 aromatic rings. The van der Waals surface area contributed by atoms with Crippen LogP contribution in [0.3, 0.4) is 0 Å². The molecule has 0 unspecified atom stereocenters. The molecule has 0 saturated heterocycles. The summed E-state index contributed by atoms with van der Waals surface area (Å²) in [6.07, 6.45) is 0. The number of hydrogen-bond donors (Lipinski definition) is 0. The predicted octanol–water partition coefficient (Wildman–Crippen LogP) is 1.44. The fourth-order valence-electron chi connectivity index (χ4n) is 0.513. The van der Waals surface area contributed by atoms with E-state index in [0.717, 1.165) is 0 Å². The Balaban J connectivity index is 0.000000371. The summed E-state index contributed by atoms with van der Waals surface area (Å²) in [6, 6.07) is 11.2. The number of rotatable bonds is 0. The molecule has 0 aliphatic carbocycles. The van der Waals surface area contributed by atoms with Crippen LogP contribution in [-0.2, 0) is 24.3 Å². The molecule has 0 aromatic heterocycles. The third-order valence-corrected chi connectivity index (χ3v) is 0.903. The van der Waals surface area contributed by atoms with Gasteiger partial charge in [0.2, 0.25) is 0 Å². The normalized spacial score (nSPS) is 6.90. The van der Waals surface area contributed by atoms with E-state index in [2.05, 4.69) is 0 Å². The second kappa shape index (κ2) is 6.37. The van der Waals surface area contributed by atoms with Crippen molar-refractivity contribution >= 4 is 0 Å². The van der Waals surface area contributed by atoms with Gasteiger partial charge < -0.3 is 0 Å². The van der Waals surface area contributed by atoms with Crippen molar-refractivity contribution in [2.75, 3.05) is 0 Å². The Labute approximate surface area is 71.7 Å². The van der Waals surface area contributed by atoms with Gasteiger partial charge in [-0.3, -0.25) is 0 Å². The third kappa shape index (κ3) is 3.31. The number of nitriles is 1. The fraction of sp³-hybridized carbons (Fsp3) is 0. The molecule has 0 heterocycles. The molecule has 55 valence electrons. The van der Waals surface area contributed by atoms with Crippen LogP contribution in [0.1, 0.15) is 5.56 Å². The van der Waals surface area contributed by atoms with Gasteiger partial charge in [0.25, 0.3) is 0 Å². The molecule has 0 bridgehead atoms. The molecular weight excluding hydrogens is 222 g/mol. The summed E-state index contributed by atoms with van der Waals surface area (Å²) in [5.41, 5.74) is 0.715. The zero-order valence-corrected chi connectivity index (χ0v) is 6.53. The number of hydrogen-bond acceptors (Lipinski definition) is 2. The van der Waals surface area contributed by atoms with Crippen LogP contribution in [0.15, 0.2) is 30.3 Å². The van der Waals surface area contributed by atoms with Gasteiger partial charge in [0, 0.05) is 0 Å². The van der Waals surface area contributed by atoms with Gasteiger partial charge in [-0.25, -0.2) is 0 Å². The van der Waals surface area contributed by atoms with E-state index in [1.165, 1.54) is 0 Å². The van der Waals surface area contributed by atoms with E-state index in [4.69, 9.17) is 8.51 Å². The van der Waals surface area contributed by atoms with Crippen LogP contribution in [0, 0.1) is 11.3 Å². The molecule has 0 amide bonds. The van der Waals surface area contributed by atoms with E-state index in [1.807, 2.05) is 24.3 Å². The van der Waals surface area contributed by atoms with Crippen LogP contribution >= 0.6 is 0 Å². The van der Waals surface area contributed by atoms with Crippen LogP contribution in [0.25, 0.3) is 0 Å². The van der Waals surface area contributed by atoms with Crippen molar-refractivity contribution in [3.63, 3.8) is 0 Å². The molecule has 1 aromatic carbocycles. The summed E-state index contributed by atoms with van der Waals surface area (Å²) in [6.45, 7) is 0. The van der Waals surface area contributed by atoms with Crippen molar-refractivity contribution in [3.8, 4) is 6.07 Å². The van der Waals surface area contributed by atoms with E-state index >= 15 is 0 Å². The molecule has 0 spiro atoms. The molecule has 10 heavy (non-hydrogen) atoms.